The maximum atomic E-state index is 13.1. The van der Waals surface area contributed by atoms with E-state index in [9.17, 15) is 26.7 Å². The molecule has 2 aromatic rings. The molecule has 11 heteroatoms. The van der Waals surface area contributed by atoms with E-state index in [2.05, 4.69) is 15.3 Å². The molecule has 4 rings (SSSR count). The van der Waals surface area contributed by atoms with Crippen molar-refractivity contribution in [3.05, 3.63) is 29.6 Å². The van der Waals surface area contributed by atoms with Crippen LogP contribution in [0.2, 0.25) is 0 Å². The highest BCUT2D eigenvalue weighted by molar-refractivity contribution is 5.78. The van der Waals surface area contributed by atoms with Crippen LogP contribution in [-0.4, -0.2) is 40.2 Å². The molecule has 0 aliphatic heterocycles. The Bertz CT molecular complexity index is 1040. The number of rotatable bonds is 9. The normalized spacial score (nSPS) is 20.7. The molecule has 0 spiro atoms. The number of hydrogen-bond acceptors (Lipinski definition) is 4. The third-order valence-corrected chi connectivity index (χ3v) is 6.60. The monoisotopic (exact) mass is 488 g/mol. The number of alkyl halides is 5. The summed E-state index contributed by atoms with van der Waals surface area (Å²) in [6, 6.07) is 4.29. The van der Waals surface area contributed by atoms with E-state index in [1.807, 2.05) is 12.1 Å². The maximum Gasteiger partial charge on any atom is 0.416 e. The van der Waals surface area contributed by atoms with Crippen LogP contribution in [0.4, 0.5) is 22.0 Å². The van der Waals surface area contributed by atoms with Crippen molar-refractivity contribution in [1.82, 2.24) is 15.3 Å². The number of amides is 1. The minimum absolute atomic E-state index is 0.0817. The highest BCUT2D eigenvalue weighted by atomic mass is 19.4. The minimum Gasteiger partial charge on any atom is -0.364 e. The summed E-state index contributed by atoms with van der Waals surface area (Å²) in [5.74, 6) is -2.62. The fourth-order valence-electron chi connectivity index (χ4n) is 4.20. The Labute approximate surface area is 193 Å². The van der Waals surface area contributed by atoms with Gasteiger partial charge in [-0.3, -0.25) is 4.79 Å². The summed E-state index contributed by atoms with van der Waals surface area (Å²) in [7, 11) is 0. The number of aromatic nitrogens is 2. The van der Waals surface area contributed by atoms with E-state index in [4.69, 9.17) is 10.5 Å². The van der Waals surface area contributed by atoms with Gasteiger partial charge in [0.05, 0.1) is 29.7 Å². The second-order valence-electron chi connectivity index (χ2n) is 10.0. The van der Waals surface area contributed by atoms with Gasteiger partial charge in [-0.25, -0.2) is 13.8 Å². The number of benzene rings is 1. The number of nitrogens with two attached hydrogens (primary N) is 1. The van der Waals surface area contributed by atoms with Gasteiger partial charge in [0, 0.05) is 19.3 Å². The van der Waals surface area contributed by atoms with Crippen LogP contribution in [0.1, 0.15) is 69.4 Å². The van der Waals surface area contributed by atoms with Gasteiger partial charge in [0.2, 0.25) is 11.8 Å². The van der Waals surface area contributed by atoms with E-state index in [1.54, 1.807) is 6.07 Å². The third kappa shape index (κ3) is 5.51. The molecule has 1 heterocycles. The van der Waals surface area contributed by atoms with E-state index in [0.717, 1.165) is 32.3 Å². The molecule has 4 N–H and O–H groups in total. The first kappa shape index (κ1) is 24.8. The summed E-state index contributed by atoms with van der Waals surface area (Å²) < 4.78 is 70.2. The number of halogens is 5. The van der Waals surface area contributed by atoms with Gasteiger partial charge < -0.3 is 20.8 Å². The van der Waals surface area contributed by atoms with Crippen molar-refractivity contribution >= 4 is 16.9 Å². The second kappa shape index (κ2) is 8.75. The quantitative estimate of drug-likeness (QED) is 0.437. The van der Waals surface area contributed by atoms with Gasteiger partial charge in [-0.05, 0) is 56.2 Å². The van der Waals surface area contributed by atoms with Crippen molar-refractivity contribution in [2.24, 2.45) is 17.6 Å². The van der Waals surface area contributed by atoms with Crippen molar-refractivity contribution in [3.63, 3.8) is 0 Å². The number of ether oxygens (including phenoxy) is 1. The number of nitrogens with zero attached hydrogens (tertiary/aromatic N) is 1. The fourth-order valence-corrected chi connectivity index (χ4v) is 4.20. The third-order valence-electron chi connectivity index (χ3n) is 6.60. The molecule has 34 heavy (non-hydrogen) atoms. The number of hydrogen-bond donors (Lipinski definition) is 3. The maximum absolute atomic E-state index is 13.1. The number of imidazole rings is 1. The molecule has 2 fully saturated rings. The number of nitrogens with one attached hydrogen (secondary N) is 2. The summed E-state index contributed by atoms with van der Waals surface area (Å²) in [4.78, 5) is 19.9. The lowest BCUT2D eigenvalue weighted by atomic mass is 9.79. The summed E-state index contributed by atoms with van der Waals surface area (Å²) >= 11 is 0. The van der Waals surface area contributed by atoms with Crippen molar-refractivity contribution in [2.75, 3.05) is 6.61 Å². The van der Waals surface area contributed by atoms with Crippen LogP contribution in [0.5, 0.6) is 0 Å². The van der Waals surface area contributed by atoms with E-state index in [0.29, 0.717) is 16.9 Å². The first-order valence-electron chi connectivity index (χ1n) is 11.4. The predicted octanol–water partition coefficient (Wildman–Crippen LogP) is 4.92. The van der Waals surface area contributed by atoms with E-state index >= 15 is 0 Å². The first-order chi connectivity index (χ1) is 15.7. The zero-order valence-corrected chi connectivity index (χ0v) is 19.0. The van der Waals surface area contributed by atoms with Gasteiger partial charge in [-0.2, -0.15) is 13.2 Å². The fraction of sp³-hybridized carbons (Fsp3) is 0.652. The Kier molecular flexibility index (Phi) is 6.39. The van der Waals surface area contributed by atoms with Crippen LogP contribution in [0, 0.1) is 11.8 Å². The van der Waals surface area contributed by atoms with Gasteiger partial charge in [-0.15, -0.1) is 0 Å². The van der Waals surface area contributed by atoms with E-state index in [1.165, 1.54) is 0 Å². The average molecular weight is 489 g/mol. The molecule has 2 aliphatic carbocycles. The summed E-state index contributed by atoms with van der Waals surface area (Å²) in [5, 5.41) is 3.00. The van der Waals surface area contributed by atoms with Crippen molar-refractivity contribution < 1.29 is 31.5 Å². The molecule has 1 aromatic carbocycles. The number of carbonyl (C=O) groups is 1. The van der Waals surface area contributed by atoms with Crippen LogP contribution in [0.15, 0.2) is 18.2 Å². The molecule has 1 amide bonds. The highest BCUT2D eigenvalue weighted by Crippen LogP contribution is 2.45. The Morgan fingerprint density at radius 1 is 1.29 bits per heavy atom. The summed E-state index contributed by atoms with van der Waals surface area (Å²) in [5.41, 5.74) is 5.75. The van der Waals surface area contributed by atoms with Gasteiger partial charge >= 0.3 is 6.18 Å². The van der Waals surface area contributed by atoms with Gasteiger partial charge in [0.15, 0.2) is 5.60 Å². The number of carbonyl (C=O) groups excluding carboxylic acids is 1. The Morgan fingerprint density at radius 2 is 1.97 bits per heavy atom. The lowest BCUT2D eigenvalue weighted by Gasteiger charge is -2.34. The van der Waals surface area contributed by atoms with Crippen LogP contribution < -0.4 is 11.1 Å². The van der Waals surface area contributed by atoms with Crippen LogP contribution in [-0.2, 0) is 9.53 Å². The molecule has 6 nitrogen and oxygen atoms in total. The number of H-pyrrole nitrogens is 1. The molecule has 188 valence electrons. The van der Waals surface area contributed by atoms with Crippen LogP contribution in [0.25, 0.3) is 11.0 Å². The van der Waals surface area contributed by atoms with E-state index in [-0.39, 0.29) is 49.7 Å². The Morgan fingerprint density at radius 3 is 2.56 bits per heavy atom. The molecule has 2 atom stereocenters. The van der Waals surface area contributed by atoms with Gasteiger partial charge in [-0.1, -0.05) is 6.07 Å². The molecule has 1 aromatic heterocycles. The second-order valence-corrected chi connectivity index (χ2v) is 10.0. The molecular formula is C23H29F5N4O2. The standard InChI is InChI=1S/C23H29F5N4O2/c1-21(2,23(26,27)28)34-11-15(29)20-30-16-6-5-14(8-17(16)31-20)19(13-3-4-13)32-18(33)7-12-9-22(24,25)10-12/h5-6,8,12-13,15,19H,3-4,7,9-11,29H2,1-2H3,(H,30,31)(H,32,33)/t15-,19+/m0/s1. The molecule has 0 radical (unpaired) electrons. The molecular weight excluding hydrogens is 459 g/mol. The smallest absolute Gasteiger partial charge is 0.364 e. The summed E-state index contributed by atoms with van der Waals surface area (Å²) in [6.07, 6.45) is -3.04. The van der Waals surface area contributed by atoms with Crippen molar-refractivity contribution in [3.8, 4) is 0 Å². The first-order valence-corrected chi connectivity index (χ1v) is 11.4. The number of fused-ring (bicyclic) bond motifs is 1. The Hall–Kier alpha value is -2.27. The largest absolute Gasteiger partial charge is 0.416 e. The topological polar surface area (TPSA) is 93.0 Å². The molecule has 2 saturated carbocycles. The van der Waals surface area contributed by atoms with Gasteiger partial charge in [0.1, 0.15) is 5.82 Å². The molecule has 0 saturated heterocycles. The predicted molar refractivity (Wildman–Crippen MR) is 115 cm³/mol. The lowest BCUT2D eigenvalue weighted by Crippen LogP contribution is -2.43. The van der Waals surface area contributed by atoms with Gasteiger partial charge in [0.25, 0.3) is 0 Å². The molecule has 2 aliphatic rings. The minimum atomic E-state index is -4.53. The van der Waals surface area contributed by atoms with Crippen molar-refractivity contribution in [1.29, 1.82) is 0 Å². The zero-order chi connectivity index (χ0) is 24.9. The van der Waals surface area contributed by atoms with Crippen LogP contribution >= 0.6 is 0 Å². The Balaban J connectivity index is 1.42. The van der Waals surface area contributed by atoms with Crippen molar-refractivity contribution in [2.45, 2.75) is 75.7 Å². The van der Waals surface area contributed by atoms with Crippen LogP contribution in [0.3, 0.4) is 0 Å². The average Bonchev–Trinajstić information content (AvgIpc) is 3.45. The lowest BCUT2D eigenvalue weighted by molar-refractivity contribution is -0.264. The molecule has 0 bridgehead atoms. The zero-order valence-electron chi connectivity index (χ0n) is 19.0. The highest BCUT2D eigenvalue weighted by Gasteiger charge is 2.49. The summed E-state index contributed by atoms with van der Waals surface area (Å²) in [6.45, 7) is 1.50. The van der Waals surface area contributed by atoms with E-state index < -0.39 is 23.7 Å². The SMILES string of the molecule is CC(C)(OC[C@H](N)c1nc2ccc([C@H](NC(=O)CC3CC(F)(F)C3)C3CC3)cc2[nH]1)C(F)(F)F. The number of aromatic amines is 1. The molecule has 0 unspecified atom stereocenters.